The first-order valence-corrected chi connectivity index (χ1v) is 11.4. The van der Waals surface area contributed by atoms with Crippen molar-refractivity contribution in [1.82, 2.24) is 15.1 Å². The minimum Gasteiger partial charge on any atom is -0.368 e. The van der Waals surface area contributed by atoms with E-state index in [9.17, 15) is 4.79 Å². The van der Waals surface area contributed by atoms with E-state index in [1.807, 2.05) is 17.0 Å². The lowest BCUT2D eigenvalue weighted by atomic mass is 10.1. The Labute approximate surface area is 185 Å². The summed E-state index contributed by atoms with van der Waals surface area (Å²) < 4.78 is 0. The average Bonchev–Trinajstić information content (AvgIpc) is 3.26. The molecule has 0 atom stereocenters. The quantitative estimate of drug-likeness (QED) is 0.444. The summed E-state index contributed by atoms with van der Waals surface area (Å²) in [6.07, 6.45) is 1.34. The monoisotopic (exact) mass is 419 g/mol. The van der Waals surface area contributed by atoms with Crippen LogP contribution in [-0.4, -0.2) is 60.9 Å². The molecule has 6 nitrogen and oxygen atoms in total. The van der Waals surface area contributed by atoms with E-state index in [1.165, 1.54) is 16.8 Å². The molecule has 0 bridgehead atoms. The van der Waals surface area contributed by atoms with Crippen molar-refractivity contribution >= 4 is 17.6 Å². The Morgan fingerprint density at radius 1 is 0.903 bits per heavy atom. The van der Waals surface area contributed by atoms with E-state index in [-0.39, 0.29) is 5.91 Å². The maximum absolute atomic E-state index is 12.6. The van der Waals surface area contributed by atoms with Gasteiger partial charge in [0.15, 0.2) is 5.96 Å². The molecule has 1 fully saturated rings. The van der Waals surface area contributed by atoms with Gasteiger partial charge in [-0.25, -0.2) is 0 Å². The van der Waals surface area contributed by atoms with Crippen molar-refractivity contribution in [1.29, 1.82) is 0 Å². The van der Waals surface area contributed by atoms with Gasteiger partial charge < -0.3 is 20.0 Å². The third-order valence-electron chi connectivity index (χ3n) is 6.04. The van der Waals surface area contributed by atoms with Gasteiger partial charge in [-0.1, -0.05) is 42.5 Å². The molecule has 0 spiro atoms. The van der Waals surface area contributed by atoms with Crippen molar-refractivity contribution in [3.63, 3.8) is 0 Å². The maximum Gasteiger partial charge on any atom is 0.223 e. The Hall–Kier alpha value is -3.02. The molecule has 164 valence electrons. The lowest BCUT2D eigenvalue weighted by Crippen LogP contribution is -2.52. The molecule has 0 radical (unpaired) electrons. The molecule has 0 aromatic heterocycles. The smallest absolute Gasteiger partial charge is 0.223 e. The van der Waals surface area contributed by atoms with Gasteiger partial charge in [0, 0.05) is 64.5 Å². The SMILES string of the molecule is CCNC(=NCCCC(=O)N1Cc2ccccc2C1)N1CCN(c2ccccc2)CC1. The number of hydrogen-bond donors (Lipinski definition) is 1. The number of fused-ring (bicyclic) bond motifs is 1. The van der Waals surface area contributed by atoms with Crippen molar-refractivity contribution in [3.8, 4) is 0 Å². The fourth-order valence-electron chi connectivity index (χ4n) is 4.32. The number of nitrogens with zero attached hydrogens (tertiary/aromatic N) is 4. The number of rotatable bonds is 6. The van der Waals surface area contributed by atoms with Gasteiger partial charge in [-0.05, 0) is 36.6 Å². The number of piperazine rings is 1. The fraction of sp³-hybridized carbons (Fsp3) is 0.440. The summed E-state index contributed by atoms with van der Waals surface area (Å²) in [5.41, 5.74) is 3.84. The number of benzene rings is 2. The second kappa shape index (κ2) is 10.3. The number of nitrogens with one attached hydrogen (secondary N) is 1. The first-order valence-electron chi connectivity index (χ1n) is 11.4. The molecule has 2 aliphatic heterocycles. The molecule has 0 aliphatic carbocycles. The van der Waals surface area contributed by atoms with Gasteiger partial charge in [-0.15, -0.1) is 0 Å². The van der Waals surface area contributed by atoms with Gasteiger partial charge in [-0.2, -0.15) is 0 Å². The molecule has 6 heteroatoms. The summed E-state index contributed by atoms with van der Waals surface area (Å²) in [4.78, 5) is 24.1. The predicted molar refractivity (Wildman–Crippen MR) is 126 cm³/mol. The highest BCUT2D eigenvalue weighted by Crippen LogP contribution is 2.23. The normalized spacial score (nSPS) is 16.4. The highest BCUT2D eigenvalue weighted by Gasteiger charge is 2.22. The zero-order valence-electron chi connectivity index (χ0n) is 18.5. The first kappa shape index (κ1) is 21.2. The van der Waals surface area contributed by atoms with Crippen LogP contribution in [0.25, 0.3) is 0 Å². The van der Waals surface area contributed by atoms with Gasteiger partial charge >= 0.3 is 0 Å². The van der Waals surface area contributed by atoms with Crippen LogP contribution >= 0.6 is 0 Å². The molecule has 2 aromatic carbocycles. The lowest BCUT2D eigenvalue weighted by Gasteiger charge is -2.37. The Morgan fingerprint density at radius 3 is 2.19 bits per heavy atom. The Morgan fingerprint density at radius 2 is 1.55 bits per heavy atom. The highest BCUT2D eigenvalue weighted by molar-refractivity contribution is 5.80. The molecule has 0 saturated carbocycles. The van der Waals surface area contributed by atoms with E-state index >= 15 is 0 Å². The van der Waals surface area contributed by atoms with Crippen LogP contribution in [-0.2, 0) is 17.9 Å². The summed E-state index contributed by atoms with van der Waals surface area (Å²) in [5, 5.41) is 3.42. The largest absolute Gasteiger partial charge is 0.368 e. The molecule has 31 heavy (non-hydrogen) atoms. The van der Waals surface area contributed by atoms with E-state index in [4.69, 9.17) is 4.99 Å². The van der Waals surface area contributed by atoms with Crippen molar-refractivity contribution in [3.05, 3.63) is 65.7 Å². The van der Waals surface area contributed by atoms with Gasteiger partial charge in [0.1, 0.15) is 0 Å². The minimum absolute atomic E-state index is 0.230. The summed E-state index contributed by atoms with van der Waals surface area (Å²) in [6, 6.07) is 18.9. The summed E-state index contributed by atoms with van der Waals surface area (Å²) >= 11 is 0. The Bertz CT molecular complexity index is 865. The minimum atomic E-state index is 0.230. The van der Waals surface area contributed by atoms with Crippen molar-refractivity contribution in [2.45, 2.75) is 32.9 Å². The third kappa shape index (κ3) is 5.37. The van der Waals surface area contributed by atoms with Gasteiger partial charge in [-0.3, -0.25) is 9.79 Å². The Balaban J connectivity index is 1.23. The molecule has 1 amide bonds. The lowest BCUT2D eigenvalue weighted by molar-refractivity contribution is -0.131. The Kier molecular flexibility index (Phi) is 7.07. The van der Waals surface area contributed by atoms with E-state index in [2.05, 4.69) is 64.5 Å². The van der Waals surface area contributed by atoms with Crippen LogP contribution < -0.4 is 10.2 Å². The van der Waals surface area contributed by atoms with Crippen LogP contribution in [0.5, 0.6) is 0 Å². The van der Waals surface area contributed by atoms with Crippen molar-refractivity contribution in [2.24, 2.45) is 4.99 Å². The molecular formula is C25H33N5O. The number of guanidine groups is 1. The molecular weight excluding hydrogens is 386 g/mol. The summed E-state index contributed by atoms with van der Waals surface area (Å²) in [6.45, 7) is 8.99. The van der Waals surface area contributed by atoms with Gasteiger partial charge in [0.25, 0.3) is 0 Å². The predicted octanol–water partition coefficient (Wildman–Crippen LogP) is 3.10. The number of carbonyl (C=O) groups is 1. The number of para-hydroxylation sites is 1. The summed E-state index contributed by atoms with van der Waals surface area (Å²) in [7, 11) is 0. The van der Waals surface area contributed by atoms with Crippen molar-refractivity contribution in [2.75, 3.05) is 44.2 Å². The van der Waals surface area contributed by atoms with Crippen LogP contribution in [0.4, 0.5) is 5.69 Å². The molecule has 4 rings (SSSR count). The van der Waals surface area contributed by atoms with Gasteiger partial charge in [0.2, 0.25) is 5.91 Å². The van der Waals surface area contributed by atoms with Gasteiger partial charge in [0.05, 0.1) is 0 Å². The zero-order valence-corrected chi connectivity index (χ0v) is 18.5. The van der Waals surface area contributed by atoms with E-state index < -0.39 is 0 Å². The second-order valence-electron chi connectivity index (χ2n) is 8.17. The van der Waals surface area contributed by atoms with Crippen LogP contribution in [0.2, 0.25) is 0 Å². The average molecular weight is 420 g/mol. The van der Waals surface area contributed by atoms with E-state index in [1.54, 1.807) is 0 Å². The molecule has 1 N–H and O–H groups in total. The molecule has 2 aromatic rings. The van der Waals surface area contributed by atoms with Crippen LogP contribution in [0.15, 0.2) is 59.6 Å². The number of amides is 1. The van der Waals surface area contributed by atoms with Crippen LogP contribution in [0.3, 0.4) is 0 Å². The second-order valence-corrected chi connectivity index (χ2v) is 8.17. The first-order chi connectivity index (χ1) is 15.2. The number of anilines is 1. The fourth-order valence-corrected chi connectivity index (χ4v) is 4.32. The molecule has 1 saturated heterocycles. The topological polar surface area (TPSA) is 51.2 Å². The standard InChI is InChI=1S/C25H33N5O/c1-2-26-25(29-17-15-28(16-18-29)23-11-4-3-5-12-23)27-14-8-13-24(31)30-19-21-9-6-7-10-22(21)20-30/h3-7,9-12H,2,8,13-20H2,1H3,(H,26,27). The zero-order chi connectivity index (χ0) is 21.5. The summed E-state index contributed by atoms with van der Waals surface area (Å²) in [5.74, 6) is 1.20. The van der Waals surface area contributed by atoms with E-state index in [0.29, 0.717) is 13.0 Å². The number of hydrogen-bond acceptors (Lipinski definition) is 3. The van der Waals surface area contributed by atoms with Crippen LogP contribution in [0.1, 0.15) is 30.9 Å². The van der Waals surface area contributed by atoms with Crippen LogP contribution in [0, 0.1) is 0 Å². The maximum atomic E-state index is 12.6. The molecule has 0 unspecified atom stereocenters. The molecule has 2 heterocycles. The highest BCUT2D eigenvalue weighted by atomic mass is 16.2. The molecule has 2 aliphatic rings. The number of aliphatic imine (C=N–C) groups is 1. The number of carbonyl (C=O) groups excluding carboxylic acids is 1. The third-order valence-corrected chi connectivity index (χ3v) is 6.04. The van der Waals surface area contributed by atoms with Crippen molar-refractivity contribution < 1.29 is 4.79 Å². The van der Waals surface area contributed by atoms with E-state index in [0.717, 1.165) is 58.2 Å².